The molecule has 0 bridgehead atoms. The first-order chi connectivity index (χ1) is 7.47. The first kappa shape index (κ1) is 15.7. The largest absolute Gasteiger partial charge is 0.386 e. The molecule has 0 aliphatic carbocycles. The molecular formula is C15H30O. The Morgan fingerprint density at radius 1 is 1.06 bits per heavy atom. The third-order valence-electron chi connectivity index (χ3n) is 3.35. The zero-order valence-electron chi connectivity index (χ0n) is 11.6. The highest BCUT2D eigenvalue weighted by atomic mass is 16.3. The normalized spacial score (nSPS) is 18.8. The molecule has 0 aromatic heterocycles. The van der Waals surface area contributed by atoms with Crippen molar-refractivity contribution < 1.29 is 5.11 Å². The molecule has 0 rings (SSSR count). The average Bonchev–Trinajstić information content (AvgIpc) is 2.17. The Balaban J connectivity index is 4.23. The summed E-state index contributed by atoms with van der Waals surface area (Å²) in [4.78, 5) is 0. The zero-order chi connectivity index (χ0) is 12.6. The van der Waals surface area contributed by atoms with Gasteiger partial charge in [0, 0.05) is 0 Å². The van der Waals surface area contributed by atoms with Gasteiger partial charge in [0.25, 0.3) is 0 Å². The van der Waals surface area contributed by atoms with Crippen molar-refractivity contribution >= 4 is 0 Å². The Kier molecular flexibility index (Phi) is 7.74. The summed E-state index contributed by atoms with van der Waals surface area (Å²) in [6.45, 7) is 12.7. The van der Waals surface area contributed by atoms with E-state index >= 15 is 0 Å². The second-order valence-electron chi connectivity index (χ2n) is 5.50. The summed E-state index contributed by atoms with van der Waals surface area (Å²) < 4.78 is 0. The van der Waals surface area contributed by atoms with Crippen LogP contribution in [0.3, 0.4) is 0 Å². The topological polar surface area (TPSA) is 20.2 Å². The molecule has 16 heavy (non-hydrogen) atoms. The molecule has 0 amide bonds. The molecule has 0 saturated carbocycles. The van der Waals surface area contributed by atoms with Crippen LogP contribution in [0.4, 0.5) is 0 Å². The molecule has 0 radical (unpaired) electrons. The Morgan fingerprint density at radius 2 is 1.44 bits per heavy atom. The van der Waals surface area contributed by atoms with Crippen molar-refractivity contribution in [3.63, 3.8) is 0 Å². The van der Waals surface area contributed by atoms with Crippen LogP contribution in [0.2, 0.25) is 0 Å². The standard InChI is InChI=1S/C15H30O/c1-6-9-13(4)11-15(16,8-3)12-14(5)10-7-2/h8,13-14,16H,3,6-7,9-12H2,1-2,4-5H3. The maximum Gasteiger partial charge on any atom is 0.0830 e. The van der Waals surface area contributed by atoms with Crippen molar-refractivity contribution in [3.05, 3.63) is 12.7 Å². The van der Waals surface area contributed by atoms with Crippen LogP contribution in [0.25, 0.3) is 0 Å². The van der Waals surface area contributed by atoms with E-state index in [0.29, 0.717) is 11.8 Å². The fourth-order valence-electron chi connectivity index (χ4n) is 2.65. The van der Waals surface area contributed by atoms with Gasteiger partial charge in [-0.25, -0.2) is 0 Å². The van der Waals surface area contributed by atoms with Gasteiger partial charge in [-0.2, -0.15) is 0 Å². The number of hydrogen-bond acceptors (Lipinski definition) is 1. The molecule has 1 nitrogen and oxygen atoms in total. The van der Waals surface area contributed by atoms with Crippen molar-refractivity contribution in [2.75, 3.05) is 0 Å². The van der Waals surface area contributed by atoms with Gasteiger partial charge in [0.05, 0.1) is 5.60 Å². The van der Waals surface area contributed by atoms with E-state index in [2.05, 4.69) is 34.3 Å². The number of rotatable bonds is 9. The monoisotopic (exact) mass is 226 g/mol. The molecule has 1 N–H and O–H groups in total. The minimum Gasteiger partial charge on any atom is -0.386 e. The molecule has 0 aromatic rings. The lowest BCUT2D eigenvalue weighted by Crippen LogP contribution is -2.30. The van der Waals surface area contributed by atoms with Gasteiger partial charge in [0.1, 0.15) is 0 Å². The van der Waals surface area contributed by atoms with Crippen molar-refractivity contribution in [2.24, 2.45) is 11.8 Å². The molecule has 0 aliphatic rings. The predicted molar refractivity (Wildman–Crippen MR) is 72.5 cm³/mol. The molecule has 2 unspecified atom stereocenters. The highest BCUT2D eigenvalue weighted by molar-refractivity contribution is 4.97. The quantitative estimate of drug-likeness (QED) is 0.572. The Labute approximate surface area is 102 Å². The lowest BCUT2D eigenvalue weighted by Gasteiger charge is -2.30. The van der Waals surface area contributed by atoms with Gasteiger partial charge < -0.3 is 5.11 Å². The van der Waals surface area contributed by atoms with E-state index in [1.165, 1.54) is 25.7 Å². The first-order valence-corrected chi connectivity index (χ1v) is 6.83. The van der Waals surface area contributed by atoms with Crippen LogP contribution < -0.4 is 0 Å². The maximum absolute atomic E-state index is 10.5. The fraction of sp³-hybridized carbons (Fsp3) is 0.867. The minimum atomic E-state index is -0.650. The van der Waals surface area contributed by atoms with E-state index < -0.39 is 5.60 Å². The second-order valence-corrected chi connectivity index (χ2v) is 5.50. The van der Waals surface area contributed by atoms with E-state index in [1.807, 2.05) is 0 Å². The highest BCUT2D eigenvalue weighted by Crippen LogP contribution is 2.29. The van der Waals surface area contributed by atoms with Gasteiger partial charge in [-0.05, 0) is 24.7 Å². The summed E-state index contributed by atoms with van der Waals surface area (Å²) in [7, 11) is 0. The van der Waals surface area contributed by atoms with Crippen LogP contribution in [0, 0.1) is 11.8 Å². The van der Waals surface area contributed by atoms with E-state index in [0.717, 1.165) is 12.8 Å². The van der Waals surface area contributed by atoms with Crippen molar-refractivity contribution in [3.8, 4) is 0 Å². The van der Waals surface area contributed by atoms with Crippen LogP contribution in [-0.4, -0.2) is 10.7 Å². The minimum absolute atomic E-state index is 0.585. The molecule has 0 aromatic carbocycles. The van der Waals surface area contributed by atoms with Crippen LogP contribution in [0.5, 0.6) is 0 Å². The molecule has 0 fully saturated rings. The van der Waals surface area contributed by atoms with Crippen molar-refractivity contribution in [1.29, 1.82) is 0 Å². The highest BCUT2D eigenvalue weighted by Gasteiger charge is 2.27. The summed E-state index contributed by atoms with van der Waals surface area (Å²) in [6, 6.07) is 0. The van der Waals surface area contributed by atoms with Crippen LogP contribution in [0.15, 0.2) is 12.7 Å². The molecule has 2 atom stereocenters. The molecular weight excluding hydrogens is 196 g/mol. The summed E-state index contributed by atoms with van der Waals surface area (Å²) >= 11 is 0. The van der Waals surface area contributed by atoms with Gasteiger partial charge in [0.2, 0.25) is 0 Å². The first-order valence-electron chi connectivity index (χ1n) is 6.83. The van der Waals surface area contributed by atoms with Crippen molar-refractivity contribution in [1.82, 2.24) is 0 Å². The van der Waals surface area contributed by atoms with E-state index in [9.17, 15) is 5.11 Å². The van der Waals surface area contributed by atoms with E-state index in [4.69, 9.17) is 0 Å². The zero-order valence-corrected chi connectivity index (χ0v) is 11.6. The number of aliphatic hydroxyl groups is 1. The lowest BCUT2D eigenvalue weighted by molar-refractivity contribution is 0.0404. The van der Waals surface area contributed by atoms with Crippen LogP contribution in [-0.2, 0) is 0 Å². The molecule has 96 valence electrons. The SMILES string of the molecule is C=CC(O)(CC(C)CCC)CC(C)CCC. The maximum atomic E-state index is 10.5. The molecule has 1 heteroatoms. The van der Waals surface area contributed by atoms with Gasteiger partial charge in [-0.3, -0.25) is 0 Å². The molecule has 0 saturated heterocycles. The number of hydrogen-bond donors (Lipinski definition) is 1. The average molecular weight is 226 g/mol. The predicted octanol–water partition coefficient (Wildman–Crippen LogP) is 4.56. The molecule has 0 heterocycles. The summed E-state index contributed by atoms with van der Waals surface area (Å²) in [5.41, 5.74) is -0.650. The van der Waals surface area contributed by atoms with Gasteiger partial charge in [-0.1, -0.05) is 59.5 Å². The van der Waals surface area contributed by atoms with Gasteiger partial charge in [0.15, 0.2) is 0 Å². The van der Waals surface area contributed by atoms with Crippen LogP contribution >= 0.6 is 0 Å². The second kappa shape index (κ2) is 7.89. The third kappa shape index (κ3) is 6.32. The van der Waals surface area contributed by atoms with Gasteiger partial charge >= 0.3 is 0 Å². The smallest absolute Gasteiger partial charge is 0.0830 e. The van der Waals surface area contributed by atoms with E-state index in [1.54, 1.807) is 6.08 Å². The van der Waals surface area contributed by atoms with E-state index in [-0.39, 0.29) is 0 Å². The van der Waals surface area contributed by atoms with Gasteiger partial charge in [-0.15, -0.1) is 6.58 Å². The molecule has 0 spiro atoms. The van der Waals surface area contributed by atoms with Crippen molar-refractivity contribution in [2.45, 2.75) is 71.8 Å². The summed E-state index contributed by atoms with van der Waals surface area (Å²) in [5.74, 6) is 1.17. The Bertz CT molecular complexity index is 172. The molecule has 0 aliphatic heterocycles. The summed E-state index contributed by atoms with van der Waals surface area (Å²) in [6.07, 6.45) is 8.25. The summed E-state index contributed by atoms with van der Waals surface area (Å²) in [5, 5.41) is 10.5. The fourth-order valence-corrected chi connectivity index (χ4v) is 2.65. The lowest BCUT2D eigenvalue weighted by atomic mass is 9.82. The Morgan fingerprint density at radius 3 is 1.69 bits per heavy atom. The van der Waals surface area contributed by atoms with Crippen LogP contribution in [0.1, 0.15) is 66.2 Å². The Hall–Kier alpha value is -0.300. The third-order valence-corrected chi connectivity index (χ3v) is 3.35.